The van der Waals surface area contributed by atoms with Gasteiger partial charge in [0.15, 0.2) is 12.2 Å². The van der Waals surface area contributed by atoms with Crippen molar-refractivity contribution in [2.45, 2.75) is 12.5 Å². The molecule has 0 aliphatic carbocycles. The zero-order valence-corrected chi connectivity index (χ0v) is 12.1. The highest BCUT2D eigenvalue weighted by molar-refractivity contribution is 5.83. The van der Waals surface area contributed by atoms with Crippen LogP contribution in [0.4, 0.5) is 0 Å². The molecule has 0 saturated heterocycles. The normalized spacial score (nSPS) is 13.0. The molecule has 0 bridgehead atoms. The number of carbonyl (C=O) groups is 2. The standard InChI is InChI=1S/C17H16O5/c1-17(20,13-8-4-2-5-9-13)16(19)21-12-15(18)22-14-10-6-3-7-11-14/h2-11,20H,12H2,1H3. The predicted octanol–water partition coefficient (Wildman–Crippen LogP) is 2.04. The molecule has 0 fully saturated rings. The van der Waals surface area contributed by atoms with E-state index in [0.717, 1.165) is 0 Å². The number of benzene rings is 2. The molecule has 5 heteroatoms. The van der Waals surface area contributed by atoms with Crippen LogP contribution >= 0.6 is 0 Å². The summed E-state index contributed by atoms with van der Waals surface area (Å²) in [5.41, 5.74) is -1.44. The Bertz CT molecular complexity index is 635. The van der Waals surface area contributed by atoms with Crippen LogP contribution in [0.15, 0.2) is 60.7 Å². The molecule has 1 N–H and O–H groups in total. The van der Waals surface area contributed by atoms with Crippen LogP contribution in [0, 0.1) is 0 Å². The third kappa shape index (κ3) is 3.93. The quantitative estimate of drug-likeness (QED) is 0.676. The Morgan fingerprint density at radius 2 is 1.55 bits per heavy atom. The first-order chi connectivity index (χ1) is 10.5. The van der Waals surface area contributed by atoms with Gasteiger partial charge in [-0.25, -0.2) is 9.59 Å². The first-order valence-electron chi connectivity index (χ1n) is 6.71. The minimum atomic E-state index is -1.83. The van der Waals surface area contributed by atoms with Crippen LogP contribution in [0.5, 0.6) is 5.75 Å². The van der Waals surface area contributed by atoms with E-state index < -0.39 is 24.1 Å². The minimum absolute atomic E-state index is 0.360. The minimum Gasteiger partial charge on any atom is -0.451 e. The molecule has 1 unspecified atom stereocenters. The third-order valence-electron chi connectivity index (χ3n) is 3.03. The summed E-state index contributed by atoms with van der Waals surface area (Å²) in [4.78, 5) is 23.5. The van der Waals surface area contributed by atoms with Gasteiger partial charge in [0.2, 0.25) is 0 Å². The second-order valence-corrected chi connectivity index (χ2v) is 4.80. The summed E-state index contributed by atoms with van der Waals surface area (Å²) in [6.07, 6.45) is 0. The third-order valence-corrected chi connectivity index (χ3v) is 3.03. The van der Waals surface area contributed by atoms with E-state index in [4.69, 9.17) is 9.47 Å². The van der Waals surface area contributed by atoms with Crippen molar-refractivity contribution in [1.82, 2.24) is 0 Å². The van der Waals surface area contributed by atoms with Crippen molar-refractivity contribution >= 4 is 11.9 Å². The number of ether oxygens (including phenoxy) is 2. The van der Waals surface area contributed by atoms with E-state index in [1.165, 1.54) is 6.92 Å². The van der Waals surface area contributed by atoms with Crippen molar-refractivity contribution in [3.05, 3.63) is 66.2 Å². The van der Waals surface area contributed by atoms with E-state index in [2.05, 4.69) is 0 Å². The van der Waals surface area contributed by atoms with Gasteiger partial charge in [-0.15, -0.1) is 0 Å². The van der Waals surface area contributed by atoms with E-state index in [1.54, 1.807) is 60.7 Å². The van der Waals surface area contributed by atoms with Gasteiger partial charge in [0, 0.05) is 0 Å². The van der Waals surface area contributed by atoms with Gasteiger partial charge in [-0.1, -0.05) is 48.5 Å². The van der Waals surface area contributed by atoms with Gasteiger partial charge < -0.3 is 14.6 Å². The lowest BCUT2D eigenvalue weighted by Crippen LogP contribution is -2.35. The summed E-state index contributed by atoms with van der Waals surface area (Å²) in [7, 11) is 0. The number of carbonyl (C=O) groups excluding carboxylic acids is 2. The summed E-state index contributed by atoms with van der Waals surface area (Å²) in [5, 5.41) is 10.2. The Morgan fingerprint density at radius 1 is 1.00 bits per heavy atom. The van der Waals surface area contributed by atoms with Crippen LogP contribution in [0.25, 0.3) is 0 Å². The monoisotopic (exact) mass is 300 g/mol. The Morgan fingerprint density at radius 3 is 2.14 bits per heavy atom. The van der Waals surface area contributed by atoms with Crippen molar-refractivity contribution in [2.75, 3.05) is 6.61 Å². The fourth-order valence-electron chi connectivity index (χ4n) is 1.79. The molecule has 114 valence electrons. The van der Waals surface area contributed by atoms with Gasteiger partial charge >= 0.3 is 11.9 Å². The largest absolute Gasteiger partial charge is 0.451 e. The highest BCUT2D eigenvalue weighted by Crippen LogP contribution is 2.21. The Kier molecular flexibility index (Phi) is 4.91. The topological polar surface area (TPSA) is 72.8 Å². The molecule has 22 heavy (non-hydrogen) atoms. The Hall–Kier alpha value is -2.66. The molecule has 0 saturated carbocycles. The predicted molar refractivity (Wildman–Crippen MR) is 79.0 cm³/mol. The number of rotatable bonds is 5. The highest BCUT2D eigenvalue weighted by atomic mass is 16.6. The van der Waals surface area contributed by atoms with E-state index in [0.29, 0.717) is 11.3 Å². The molecule has 1 atom stereocenters. The fourth-order valence-corrected chi connectivity index (χ4v) is 1.79. The van der Waals surface area contributed by atoms with E-state index >= 15 is 0 Å². The smallest absolute Gasteiger partial charge is 0.349 e. The second-order valence-electron chi connectivity index (χ2n) is 4.80. The summed E-state index contributed by atoms with van der Waals surface area (Å²) in [5.74, 6) is -1.27. The highest BCUT2D eigenvalue weighted by Gasteiger charge is 2.34. The lowest BCUT2D eigenvalue weighted by atomic mass is 9.96. The van der Waals surface area contributed by atoms with Gasteiger partial charge in [-0.2, -0.15) is 0 Å². The molecule has 0 amide bonds. The Balaban J connectivity index is 1.91. The van der Waals surface area contributed by atoms with Crippen molar-refractivity contribution in [2.24, 2.45) is 0 Å². The van der Waals surface area contributed by atoms with Gasteiger partial charge in [-0.05, 0) is 24.6 Å². The van der Waals surface area contributed by atoms with Crippen molar-refractivity contribution in [3.63, 3.8) is 0 Å². The van der Waals surface area contributed by atoms with Crippen molar-refractivity contribution in [1.29, 1.82) is 0 Å². The maximum absolute atomic E-state index is 11.9. The van der Waals surface area contributed by atoms with Gasteiger partial charge in [0.25, 0.3) is 0 Å². The average Bonchev–Trinajstić information content (AvgIpc) is 2.54. The fraction of sp³-hybridized carbons (Fsp3) is 0.176. The molecule has 0 aromatic heterocycles. The van der Waals surface area contributed by atoms with Crippen LogP contribution in [0.2, 0.25) is 0 Å². The molecular formula is C17H16O5. The van der Waals surface area contributed by atoms with Crippen LogP contribution in [0.3, 0.4) is 0 Å². The van der Waals surface area contributed by atoms with Crippen LogP contribution in [-0.4, -0.2) is 23.7 Å². The van der Waals surface area contributed by atoms with Gasteiger partial charge in [-0.3, -0.25) is 0 Å². The van der Waals surface area contributed by atoms with E-state index in [9.17, 15) is 14.7 Å². The van der Waals surface area contributed by atoms with Gasteiger partial charge in [0.05, 0.1) is 0 Å². The maximum atomic E-state index is 11.9. The molecule has 2 aromatic rings. The average molecular weight is 300 g/mol. The zero-order valence-electron chi connectivity index (χ0n) is 12.1. The van der Waals surface area contributed by atoms with E-state index in [-0.39, 0.29) is 0 Å². The van der Waals surface area contributed by atoms with Crippen LogP contribution in [-0.2, 0) is 19.9 Å². The summed E-state index contributed by atoms with van der Waals surface area (Å²) < 4.78 is 9.82. The van der Waals surface area contributed by atoms with Crippen LogP contribution in [0.1, 0.15) is 12.5 Å². The molecule has 5 nitrogen and oxygen atoms in total. The lowest BCUT2D eigenvalue weighted by Gasteiger charge is -2.21. The second kappa shape index (κ2) is 6.87. The molecule has 0 aliphatic rings. The molecule has 0 radical (unpaired) electrons. The van der Waals surface area contributed by atoms with E-state index in [1.807, 2.05) is 0 Å². The SMILES string of the molecule is CC(O)(C(=O)OCC(=O)Oc1ccccc1)c1ccccc1. The molecule has 0 heterocycles. The number of hydrogen-bond donors (Lipinski definition) is 1. The molecular weight excluding hydrogens is 284 g/mol. The number of para-hydroxylation sites is 1. The van der Waals surface area contributed by atoms with Gasteiger partial charge in [0.1, 0.15) is 5.75 Å². The molecule has 0 spiro atoms. The van der Waals surface area contributed by atoms with Crippen molar-refractivity contribution < 1.29 is 24.2 Å². The number of esters is 2. The first kappa shape index (κ1) is 15.7. The zero-order chi connectivity index (χ0) is 16.0. The molecule has 2 aromatic carbocycles. The van der Waals surface area contributed by atoms with Crippen molar-refractivity contribution in [3.8, 4) is 5.75 Å². The summed E-state index contributed by atoms with van der Waals surface area (Å²) >= 11 is 0. The summed E-state index contributed by atoms with van der Waals surface area (Å²) in [6.45, 7) is 0.740. The number of aliphatic hydroxyl groups is 1. The number of hydrogen-bond acceptors (Lipinski definition) is 5. The lowest BCUT2D eigenvalue weighted by molar-refractivity contribution is -0.169. The first-order valence-corrected chi connectivity index (χ1v) is 6.71. The summed E-state index contributed by atoms with van der Waals surface area (Å²) in [6, 6.07) is 16.8. The Labute approximate surface area is 128 Å². The van der Waals surface area contributed by atoms with Crippen LogP contribution < -0.4 is 4.74 Å². The molecule has 0 aliphatic heterocycles. The molecule has 2 rings (SSSR count). The maximum Gasteiger partial charge on any atom is 0.349 e.